The second-order valence-electron chi connectivity index (χ2n) is 5.20. The van der Waals surface area contributed by atoms with Crippen LogP contribution in [0.1, 0.15) is 57.1 Å². The Morgan fingerprint density at radius 1 is 1.22 bits per heavy atom. The topological polar surface area (TPSA) is 35.2 Å². The summed E-state index contributed by atoms with van der Waals surface area (Å²) < 4.78 is 7.25. The second-order valence-corrected chi connectivity index (χ2v) is 6.12. The number of halogens is 1. The number of hydrogen-bond donors (Lipinski definition) is 1. The highest BCUT2D eigenvalue weighted by molar-refractivity contribution is 9.10. The van der Waals surface area contributed by atoms with E-state index in [4.69, 9.17) is 10.5 Å². The Balaban J connectivity index is 2.13. The molecule has 1 unspecified atom stereocenters. The van der Waals surface area contributed by atoms with Crippen LogP contribution >= 0.6 is 15.9 Å². The van der Waals surface area contributed by atoms with Crippen LogP contribution in [0, 0.1) is 0 Å². The van der Waals surface area contributed by atoms with Crippen LogP contribution < -0.4 is 10.5 Å². The fraction of sp³-hybridized carbons (Fsp3) is 0.600. The standard InChI is InChI=1S/C15H22BrNO/c1-11(17)14-9-8-12(16)10-15(14)18-13-6-4-2-3-5-7-13/h8-11,13H,2-7,17H2,1H3. The van der Waals surface area contributed by atoms with Crippen molar-refractivity contribution in [1.29, 1.82) is 0 Å². The molecule has 1 aromatic carbocycles. The molecule has 0 radical (unpaired) electrons. The summed E-state index contributed by atoms with van der Waals surface area (Å²) in [5, 5.41) is 0. The van der Waals surface area contributed by atoms with Crippen LogP contribution in [0.4, 0.5) is 0 Å². The normalized spacial score (nSPS) is 19.3. The summed E-state index contributed by atoms with van der Waals surface area (Å²) in [6, 6.07) is 6.14. The predicted molar refractivity (Wildman–Crippen MR) is 78.9 cm³/mol. The minimum absolute atomic E-state index is 0.0129. The van der Waals surface area contributed by atoms with Crippen LogP contribution in [0.3, 0.4) is 0 Å². The lowest BCUT2D eigenvalue weighted by atomic mass is 10.1. The molecule has 0 aliphatic heterocycles. The maximum Gasteiger partial charge on any atom is 0.125 e. The zero-order valence-corrected chi connectivity index (χ0v) is 12.6. The van der Waals surface area contributed by atoms with Crippen molar-refractivity contribution in [2.24, 2.45) is 5.73 Å². The van der Waals surface area contributed by atoms with Gasteiger partial charge >= 0.3 is 0 Å². The van der Waals surface area contributed by atoms with Gasteiger partial charge in [-0.25, -0.2) is 0 Å². The molecule has 1 saturated carbocycles. The third-order valence-electron chi connectivity index (χ3n) is 3.56. The van der Waals surface area contributed by atoms with Gasteiger partial charge in [0.05, 0.1) is 6.10 Å². The van der Waals surface area contributed by atoms with Gasteiger partial charge in [0.15, 0.2) is 0 Å². The summed E-state index contributed by atoms with van der Waals surface area (Å²) in [4.78, 5) is 0. The number of nitrogens with two attached hydrogens (primary N) is 1. The lowest BCUT2D eigenvalue weighted by Crippen LogP contribution is -2.17. The summed E-state index contributed by atoms with van der Waals surface area (Å²) >= 11 is 3.50. The molecule has 2 rings (SSSR count). The van der Waals surface area contributed by atoms with Crippen molar-refractivity contribution in [2.75, 3.05) is 0 Å². The third-order valence-corrected chi connectivity index (χ3v) is 4.06. The molecule has 2 nitrogen and oxygen atoms in total. The SMILES string of the molecule is CC(N)c1ccc(Br)cc1OC1CCCCCC1. The van der Waals surface area contributed by atoms with Crippen molar-refractivity contribution in [1.82, 2.24) is 0 Å². The minimum Gasteiger partial charge on any atom is -0.490 e. The number of benzene rings is 1. The molecule has 1 aliphatic carbocycles. The Morgan fingerprint density at radius 2 is 1.89 bits per heavy atom. The van der Waals surface area contributed by atoms with Crippen molar-refractivity contribution in [2.45, 2.75) is 57.6 Å². The Hall–Kier alpha value is -0.540. The molecule has 0 saturated heterocycles. The first-order valence-corrected chi connectivity index (χ1v) is 7.68. The van der Waals surface area contributed by atoms with E-state index in [0.29, 0.717) is 6.10 Å². The van der Waals surface area contributed by atoms with E-state index in [2.05, 4.69) is 22.0 Å². The quantitative estimate of drug-likeness (QED) is 0.830. The van der Waals surface area contributed by atoms with E-state index in [9.17, 15) is 0 Å². The molecule has 0 spiro atoms. The average Bonchev–Trinajstić information content (AvgIpc) is 2.57. The Labute approximate surface area is 118 Å². The Morgan fingerprint density at radius 3 is 2.50 bits per heavy atom. The van der Waals surface area contributed by atoms with Gasteiger partial charge in [-0.05, 0) is 44.7 Å². The van der Waals surface area contributed by atoms with E-state index < -0.39 is 0 Å². The summed E-state index contributed by atoms with van der Waals surface area (Å²) in [6.45, 7) is 2.00. The number of rotatable bonds is 3. The van der Waals surface area contributed by atoms with Gasteiger partial charge in [-0.2, -0.15) is 0 Å². The largest absolute Gasteiger partial charge is 0.490 e. The van der Waals surface area contributed by atoms with Crippen LogP contribution in [0.25, 0.3) is 0 Å². The molecule has 0 bridgehead atoms. The fourth-order valence-electron chi connectivity index (χ4n) is 2.53. The fourth-order valence-corrected chi connectivity index (χ4v) is 2.87. The van der Waals surface area contributed by atoms with Crippen LogP contribution in [-0.2, 0) is 0 Å². The third kappa shape index (κ3) is 3.72. The van der Waals surface area contributed by atoms with Crippen LogP contribution in [-0.4, -0.2) is 6.10 Å². The smallest absolute Gasteiger partial charge is 0.125 e. The predicted octanol–water partition coefficient (Wildman–Crippen LogP) is 4.57. The first-order valence-electron chi connectivity index (χ1n) is 6.88. The summed E-state index contributed by atoms with van der Waals surface area (Å²) in [5.41, 5.74) is 7.10. The van der Waals surface area contributed by atoms with Crippen LogP contribution in [0.15, 0.2) is 22.7 Å². The maximum atomic E-state index is 6.20. The molecular weight excluding hydrogens is 290 g/mol. The van der Waals surface area contributed by atoms with Gasteiger partial charge in [0.1, 0.15) is 5.75 Å². The first-order chi connectivity index (χ1) is 8.66. The molecule has 2 N–H and O–H groups in total. The van der Waals surface area contributed by atoms with Gasteiger partial charge < -0.3 is 10.5 Å². The highest BCUT2D eigenvalue weighted by atomic mass is 79.9. The van der Waals surface area contributed by atoms with Crippen LogP contribution in [0.5, 0.6) is 5.75 Å². The van der Waals surface area contributed by atoms with Crippen molar-refractivity contribution >= 4 is 15.9 Å². The van der Waals surface area contributed by atoms with E-state index in [0.717, 1.165) is 15.8 Å². The molecule has 100 valence electrons. The average molecular weight is 312 g/mol. The molecule has 3 heteroatoms. The van der Waals surface area contributed by atoms with E-state index in [-0.39, 0.29) is 6.04 Å². The van der Waals surface area contributed by atoms with Crippen molar-refractivity contribution in [3.63, 3.8) is 0 Å². The molecule has 0 aromatic heterocycles. The summed E-state index contributed by atoms with van der Waals surface area (Å²) in [7, 11) is 0. The molecule has 0 amide bonds. The minimum atomic E-state index is 0.0129. The van der Waals surface area contributed by atoms with Gasteiger partial charge in [-0.1, -0.05) is 34.8 Å². The highest BCUT2D eigenvalue weighted by Gasteiger charge is 2.16. The van der Waals surface area contributed by atoms with Gasteiger partial charge in [0, 0.05) is 16.1 Å². The summed E-state index contributed by atoms with van der Waals surface area (Å²) in [6.07, 6.45) is 7.96. The molecule has 1 aromatic rings. The van der Waals surface area contributed by atoms with Crippen molar-refractivity contribution in [3.8, 4) is 5.75 Å². The Kier molecular flexibility index (Phi) is 5.07. The van der Waals surface area contributed by atoms with E-state index in [1.165, 1.54) is 38.5 Å². The summed E-state index contributed by atoms with van der Waals surface area (Å²) in [5.74, 6) is 0.950. The monoisotopic (exact) mass is 311 g/mol. The van der Waals surface area contributed by atoms with Gasteiger partial charge in [0.2, 0.25) is 0 Å². The molecule has 1 fully saturated rings. The zero-order chi connectivity index (χ0) is 13.0. The lowest BCUT2D eigenvalue weighted by molar-refractivity contribution is 0.181. The highest BCUT2D eigenvalue weighted by Crippen LogP contribution is 2.30. The van der Waals surface area contributed by atoms with Crippen molar-refractivity contribution < 1.29 is 4.74 Å². The molecule has 1 aliphatic rings. The second kappa shape index (κ2) is 6.58. The maximum absolute atomic E-state index is 6.20. The molecule has 18 heavy (non-hydrogen) atoms. The molecular formula is C15H22BrNO. The number of ether oxygens (including phenoxy) is 1. The molecule has 1 atom stereocenters. The van der Waals surface area contributed by atoms with Crippen molar-refractivity contribution in [3.05, 3.63) is 28.2 Å². The van der Waals surface area contributed by atoms with E-state index in [1.54, 1.807) is 0 Å². The number of hydrogen-bond acceptors (Lipinski definition) is 2. The van der Waals surface area contributed by atoms with Gasteiger partial charge in [0.25, 0.3) is 0 Å². The van der Waals surface area contributed by atoms with E-state index >= 15 is 0 Å². The Bertz CT molecular complexity index is 384. The van der Waals surface area contributed by atoms with E-state index in [1.807, 2.05) is 19.1 Å². The zero-order valence-electron chi connectivity index (χ0n) is 11.0. The van der Waals surface area contributed by atoms with Gasteiger partial charge in [-0.3, -0.25) is 0 Å². The first kappa shape index (κ1) is 13.9. The molecule has 0 heterocycles. The van der Waals surface area contributed by atoms with Gasteiger partial charge in [-0.15, -0.1) is 0 Å². The lowest BCUT2D eigenvalue weighted by Gasteiger charge is -2.21. The van der Waals surface area contributed by atoms with Crippen LogP contribution in [0.2, 0.25) is 0 Å².